The molecule has 0 spiro atoms. The largest absolute Gasteiger partial charge is 0.327 e. The number of nitrogens with zero attached hydrogens (tertiary/aromatic N) is 2. The van der Waals surface area contributed by atoms with Gasteiger partial charge in [-0.1, -0.05) is 0 Å². The smallest absolute Gasteiger partial charge is 0.0900 e. The van der Waals surface area contributed by atoms with E-state index >= 15 is 0 Å². The number of rotatable bonds is 2. The monoisotopic (exact) mass is 261 g/mol. The normalized spacial score (nSPS) is 21.8. The summed E-state index contributed by atoms with van der Waals surface area (Å²) in [6.07, 6.45) is 2.41. The average molecular weight is 262 g/mol. The van der Waals surface area contributed by atoms with Crippen LogP contribution < -0.4 is 5.73 Å². The van der Waals surface area contributed by atoms with Gasteiger partial charge in [0.05, 0.1) is 10.7 Å². The van der Waals surface area contributed by atoms with Gasteiger partial charge >= 0.3 is 0 Å². The zero-order chi connectivity index (χ0) is 10.8. The second kappa shape index (κ2) is 5.96. The van der Waals surface area contributed by atoms with Crippen LogP contribution in [0, 0.1) is 13.8 Å². The molecule has 0 aliphatic carbocycles. The summed E-state index contributed by atoms with van der Waals surface area (Å²) in [6, 6.07) is 0.369. The van der Waals surface area contributed by atoms with Crippen molar-refractivity contribution >= 4 is 23.7 Å². The van der Waals surface area contributed by atoms with E-state index in [4.69, 9.17) is 5.73 Å². The van der Waals surface area contributed by atoms with E-state index in [0.717, 1.165) is 13.1 Å². The molecule has 2 heterocycles. The Balaban J connectivity index is 0.00000128. The number of nitrogens with two attached hydrogens (primary N) is 1. The minimum absolute atomic E-state index is 0. The maximum absolute atomic E-state index is 5.97. The maximum atomic E-state index is 5.97. The summed E-state index contributed by atoms with van der Waals surface area (Å²) in [6.45, 7) is 7.43. The number of likely N-dealkylation sites (tertiary alicyclic amines) is 1. The first kappa shape index (κ1) is 13.9. The Bertz CT molecular complexity index is 340. The number of thiazole rings is 1. The number of hydrogen-bond donors (Lipinski definition) is 1. The van der Waals surface area contributed by atoms with Gasteiger partial charge in [0.2, 0.25) is 0 Å². The molecule has 0 unspecified atom stereocenters. The zero-order valence-corrected chi connectivity index (χ0v) is 11.5. The maximum Gasteiger partial charge on any atom is 0.0900 e. The topological polar surface area (TPSA) is 42.2 Å². The van der Waals surface area contributed by atoms with Gasteiger partial charge in [-0.05, 0) is 33.2 Å². The SMILES string of the molecule is Cc1nc(C)c(CN2CCC[C@@H](N)C2)s1.Cl. The van der Waals surface area contributed by atoms with E-state index in [2.05, 4.69) is 23.7 Å². The molecular formula is C11H20ClN3S. The number of halogens is 1. The summed E-state index contributed by atoms with van der Waals surface area (Å²) in [4.78, 5) is 8.31. The highest BCUT2D eigenvalue weighted by Gasteiger charge is 2.18. The summed E-state index contributed by atoms with van der Waals surface area (Å²) in [5.41, 5.74) is 7.16. The number of piperidine rings is 1. The molecule has 16 heavy (non-hydrogen) atoms. The fourth-order valence-electron chi connectivity index (χ4n) is 2.16. The summed E-state index contributed by atoms with van der Waals surface area (Å²) in [7, 11) is 0. The first-order chi connectivity index (χ1) is 7.15. The fourth-order valence-corrected chi connectivity index (χ4v) is 3.14. The first-order valence-corrected chi connectivity index (χ1v) is 6.37. The molecule has 5 heteroatoms. The van der Waals surface area contributed by atoms with Crippen molar-refractivity contribution in [1.29, 1.82) is 0 Å². The molecule has 1 aromatic heterocycles. The lowest BCUT2D eigenvalue weighted by molar-refractivity contribution is 0.202. The van der Waals surface area contributed by atoms with Crippen LogP contribution in [0.1, 0.15) is 28.4 Å². The first-order valence-electron chi connectivity index (χ1n) is 5.56. The predicted molar refractivity (Wildman–Crippen MR) is 71.3 cm³/mol. The van der Waals surface area contributed by atoms with Crippen molar-refractivity contribution < 1.29 is 0 Å². The molecule has 0 aromatic carbocycles. The van der Waals surface area contributed by atoms with Gasteiger partial charge in [-0.3, -0.25) is 4.90 Å². The molecule has 1 aromatic rings. The van der Waals surface area contributed by atoms with E-state index in [0.29, 0.717) is 6.04 Å². The van der Waals surface area contributed by atoms with E-state index in [1.54, 1.807) is 0 Å². The molecule has 1 fully saturated rings. The molecule has 2 N–H and O–H groups in total. The van der Waals surface area contributed by atoms with Crippen molar-refractivity contribution in [3.05, 3.63) is 15.6 Å². The van der Waals surface area contributed by atoms with Gasteiger partial charge in [0, 0.05) is 24.0 Å². The zero-order valence-electron chi connectivity index (χ0n) is 9.90. The molecule has 0 bridgehead atoms. The van der Waals surface area contributed by atoms with E-state index in [1.165, 1.54) is 35.0 Å². The van der Waals surface area contributed by atoms with Crippen molar-refractivity contribution in [2.75, 3.05) is 13.1 Å². The molecule has 2 rings (SSSR count). The molecule has 1 saturated heterocycles. The summed E-state index contributed by atoms with van der Waals surface area (Å²) in [5.74, 6) is 0. The standard InChI is InChI=1S/C11H19N3S.ClH/c1-8-11(15-9(2)13-8)7-14-5-3-4-10(12)6-14;/h10H,3-7,12H2,1-2H3;1H/t10-;/m1./s1. The average Bonchev–Trinajstić information content (AvgIpc) is 2.45. The van der Waals surface area contributed by atoms with E-state index in [-0.39, 0.29) is 12.4 Å². The van der Waals surface area contributed by atoms with Gasteiger partial charge in [0.25, 0.3) is 0 Å². The molecule has 0 amide bonds. The number of aromatic nitrogens is 1. The lowest BCUT2D eigenvalue weighted by Gasteiger charge is -2.30. The third-order valence-corrected chi connectivity index (χ3v) is 3.97. The third-order valence-electron chi connectivity index (χ3n) is 2.91. The summed E-state index contributed by atoms with van der Waals surface area (Å²) >= 11 is 1.82. The highest BCUT2D eigenvalue weighted by Crippen LogP contribution is 2.20. The molecule has 1 atom stereocenters. The van der Waals surface area contributed by atoms with Gasteiger partial charge < -0.3 is 5.73 Å². The van der Waals surface area contributed by atoms with Crippen LogP contribution >= 0.6 is 23.7 Å². The van der Waals surface area contributed by atoms with Crippen LogP contribution in [0.2, 0.25) is 0 Å². The van der Waals surface area contributed by atoms with Crippen LogP contribution in [0.15, 0.2) is 0 Å². The molecular weight excluding hydrogens is 242 g/mol. The molecule has 0 radical (unpaired) electrons. The van der Waals surface area contributed by atoms with E-state index in [9.17, 15) is 0 Å². The van der Waals surface area contributed by atoms with Crippen LogP contribution in [0.4, 0.5) is 0 Å². The lowest BCUT2D eigenvalue weighted by atomic mass is 10.1. The second-order valence-corrected chi connectivity index (χ2v) is 5.67. The Hall–Kier alpha value is -0.160. The lowest BCUT2D eigenvalue weighted by Crippen LogP contribution is -2.42. The van der Waals surface area contributed by atoms with Gasteiger partial charge in [0.1, 0.15) is 0 Å². The van der Waals surface area contributed by atoms with Crippen LogP contribution in [-0.4, -0.2) is 29.0 Å². The Morgan fingerprint density at radius 2 is 2.25 bits per heavy atom. The highest BCUT2D eigenvalue weighted by molar-refractivity contribution is 7.11. The van der Waals surface area contributed by atoms with Crippen molar-refractivity contribution in [3.63, 3.8) is 0 Å². The van der Waals surface area contributed by atoms with Crippen LogP contribution in [0.25, 0.3) is 0 Å². The van der Waals surface area contributed by atoms with Crippen molar-refractivity contribution in [2.24, 2.45) is 5.73 Å². The highest BCUT2D eigenvalue weighted by atomic mass is 35.5. The van der Waals surface area contributed by atoms with Crippen molar-refractivity contribution in [3.8, 4) is 0 Å². The van der Waals surface area contributed by atoms with Gasteiger partial charge in [0.15, 0.2) is 0 Å². The molecule has 3 nitrogen and oxygen atoms in total. The quantitative estimate of drug-likeness (QED) is 0.887. The van der Waals surface area contributed by atoms with Crippen LogP contribution in [-0.2, 0) is 6.54 Å². The van der Waals surface area contributed by atoms with E-state index in [1.807, 2.05) is 11.3 Å². The molecule has 1 aliphatic rings. The second-order valence-electron chi connectivity index (χ2n) is 4.38. The van der Waals surface area contributed by atoms with Crippen LogP contribution in [0.3, 0.4) is 0 Å². The Labute approximate surface area is 107 Å². The van der Waals surface area contributed by atoms with Crippen molar-refractivity contribution in [1.82, 2.24) is 9.88 Å². The van der Waals surface area contributed by atoms with Gasteiger partial charge in [-0.2, -0.15) is 0 Å². The van der Waals surface area contributed by atoms with Crippen LogP contribution in [0.5, 0.6) is 0 Å². The number of aryl methyl sites for hydroxylation is 2. The number of hydrogen-bond acceptors (Lipinski definition) is 4. The third kappa shape index (κ3) is 3.42. The Morgan fingerprint density at radius 3 is 2.81 bits per heavy atom. The summed E-state index contributed by atoms with van der Waals surface area (Å²) < 4.78 is 0. The van der Waals surface area contributed by atoms with Gasteiger partial charge in [-0.15, -0.1) is 23.7 Å². The van der Waals surface area contributed by atoms with Crippen molar-refractivity contribution in [2.45, 2.75) is 39.3 Å². The Morgan fingerprint density at radius 1 is 1.50 bits per heavy atom. The minimum atomic E-state index is 0. The fraction of sp³-hybridized carbons (Fsp3) is 0.727. The van der Waals surface area contributed by atoms with E-state index < -0.39 is 0 Å². The summed E-state index contributed by atoms with van der Waals surface area (Å²) in [5, 5.41) is 1.17. The minimum Gasteiger partial charge on any atom is -0.327 e. The molecule has 1 aliphatic heterocycles. The molecule has 0 saturated carbocycles. The van der Waals surface area contributed by atoms with Gasteiger partial charge in [-0.25, -0.2) is 4.98 Å². The predicted octanol–water partition coefficient (Wildman–Crippen LogP) is 2.10. The Kier molecular flexibility index (Phi) is 5.18. The molecule has 92 valence electrons.